The summed E-state index contributed by atoms with van der Waals surface area (Å²) in [6, 6.07) is 11.0. The second-order valence-electron chi connectivity index (χ2n) is 7.15. The van der Waals surface area contributed by atoms with Crippen LogP contribution in [0.15, 0.2) is 36.4 Å². The minimum atomic E-state index is -0.269. The maximum absolute atomic E-state index is 12.9. The number of carbonyl (C=O) groups is 3. The lowest BCUT2D eigenvalue weighted by Crippen LogP contribution is -2.54. The maximum Gasteiger partial charge on any atom is 0.289 e. The molecule has 2 fully saturated rings. The summed E-state index contributed by atoms with van der Waals surface area (Å²) in [5.74, 6) is -0.202. The maximum atomic E-state index is 12.9. The number of rotatable bonds is 4. The van der Waals surface area contributed by atoms with Crippen molar-refractivity contribution in [1.82, 2.24) is 20.0 Å². The van der Waals surface area contributed by atoms with Crippen LogP contribution >= 0.6 is 11.8 Å². The highest BCUT2D eigenvalue weighted by molar-refractivity contribution is 8.14. The van der Waals surface area contributed by atoms with Gasteiger partial charge in [-0.05, 0) is 18.9 Å². The first-order valence-corrected chi connectivity index (χ1v) is 10.4. The van der Waals surface area contributed by atoms with Crippen LogP contribution in [0.4, 0.5) is 4.79 Å². The molecule has 0 spiro atoms. The number of hydrogen-bond acceptors (Lipinski definition) is 5. The van der Waals surface area contributed by atoms with Gasteiger partial charge in [0.15, 0.2) is 0 Å². The first-order valence-electron chi connectivity index (χ1n) is 9.44. The fraction of sp³-hybridized carbons (Fsp3) is 0.400. The quantitative estimate of drug-likeness (QED) is 0.856. The average molecular weight is 398 g/mol. The van der Waals surface area contributed by atoms with Gasteiger partial charge in [0, 0.05) is 12.6 Å². The van der Waals surface area contributed by atoms with Crippen LogP contribution < -0.4 is 5.32 Å². The lowest BCUT2D eigenvalue weighted by molar-refractivity contribution is -0.127. The van der Waals surface area contributed by atoms with E-state index in [1.165, 1.54) is 4.90 Å². The number of aryl methyl sites for hydroxylation is 1. The molecule has 1 aliphatic heterocycles. The number of hydrogen-bond donors (Lipinski definition) is 1. The van der Waals surface area contributed by atoms with Gasteiger partial charge < -0.3 is 5.32 Å². The van der Waals surface area contributed by atoms with Gasteiger partial charge in [-0.15, -0.1) is 0 Å². The van der Waals surface area contributed by atoms with Crippen LogP contribution in [-0.2, 0) is 11.8 Å². The smallest absolute Gasteiger partial charge is 0.289 e. The SMILES string of the molecule is Cn1nc(-c2ccccc2)cc1C(=O)N[C@H]1CCCC[C@@H]1N1C(=O)CSC1=O. The first-order chi connectivity index (χ1) is 13.5. The van der Waals surface area contributed by atoms with Crippen molar-refractivity contribution < 1.29 is 14.4 Å². The van der Waals surface area contributed by atoms with Gasteiger partial charge in [-0.1, -0.05) is 54.9 Å². The minimum absolute atomic E-state index is 0.159. The summed E-state index contributed by atoms with van der Waals surface area (Å²) < 4.78 is 1.57. The van der Waals surface area contributed by atoms with Gasteiger partial charge >= 0.3 is 0 Å². The Morgan fingerprint density at radius 2 is 1.93 bits per heavy atom. The number of aromatic nitrogens is 2. The monoisotopic (exact) mass is 398 g/mol. The number of nitrogens with one attached hydrogen (secondary N) is 1. The number of amides is 3. The molecule has 28 heavy (non-hydrogen) atoms. The number of carbonyl (C=O) groups excluding carboxylic acids is 3. The molecule has 0 radical (unpaired) electrons. The van der Waals surface area contributed by atoms with E-state index in [2.05, 4.69) is 10.4 Å². The molecule has 0 unspecified atom stereocenters. The molecule has 1 aliphatic carbocycles. The standard InChI is InChI=1S/C20H22N4O3S/c1-23-17(11-15(22-23)13-7-3-2-4-8-13)19(26)21-14-9-5-6-10-16(14)24-18(25)12-28-20(24)27/h2-4,7-8,11,14,16H,5-6,9-10,12H2,1H3,(H,21,26)/t14-,16-/m0/s1. The third-order valence-corrected chi connectivity index (χ3v) is 6.18. The molecule has 1 N–H and O–H groups in total. The summed E-state index contributed by atoms with van der Waals surface area (Å²) >= 11 is 1.04. The van der Waals surface area contributed by atoms with Crippen LogP contribution in [0.5, 0.6) is 0 Å². The number of benzene rings is 1. The molecule has 4 rings (SSSR count). The van der Waals surface area contributed by atoms with Crippen molar-refractivity contribution in [2.24, 2.45) is 7.05 Å². The van der Waals surface area contributed by atoms with E-state index in [0.717, 1.165) is 48.7 Å². The lowest BCUT2D eigenvalue weighted by Gasteiger charge is -2.36. The fourth-order valence-electron chi connectivity index (χ4n) is 3.95. The van der Waals surface area contributed by atoms with Crippen LogP contribution in [-0.4, -0.2) is 49.6 Å². The number of imide groups is 1. The molecule has 0 bridgehead atoms. The average Bonchev–Trinajstić information content (AvgIpc) is 3.25. The zero-order valence-electron chi connectivity index (χ0n) is 15.6. The molecule has 1 aromatic heterocycles. The molecule has 3 amide bonds. The molecule has 1 aromatic carbocycles. The van der Waals surface area contributed by atoms with E-state index in [9.17, 15) is 14.4 Å². The molecule has 2 atom stereocenters. The number of thioether (sulfide) groups is 1. The zero-order valence-corrected chi connectivity index (χ0v) is 16.4. The van der Waals surface area contributed by atoms with E-state index in [1.807, 2.05) is 30.3 Å². The first kappa shape index (κ1) is 18.7. The van der Waals surface area contributed by atoms with Gasteiger partial charge in [-0.3, -0.25) is 24.0 Å². The Labute approximate surface area is 167 Å². The Kier molecular flexibility index (Phi) is 5.21. The molecule has 7 nitrogen and oxygen atoms in total. The molecule has 1 saturated carbocycles. The van der Waals surface area contributed by atoms with Crippen LogP contribution in [0.25, 0.3) is 11.3 Å². The van der Waals surface area contributed by atoms with E-state index in [1.54, 1.807) is 17.8 Å². The zero-order chi connectivity index (χ0) is 19.7. The molecule has 2 heterocycles. The molecule has 2 aliphatic rings. The molecule has 2 aromatic rings. The van der Waals surface area contributed by atoms with Crippen molar-refractivity contribution >= 4 is 28.8 Å². The van der Waals surface area contributed by atoms with Crippen molar-refractivity contribution in [3.63, 3.8) is 0 Å². The second-order valence-corrected chi connectivity index (χ2v) is 8.08. The van der Waals surface area contributed by atoms with Gasteiger partial charge in [-0.25, -0.2) is 0 Å². The Morgan fingerprint density at radius 1 is 1.18 bits per heavy atom. The van der Waals surface area contributed by atoms with E-state index in [-0.39, 0.29) is 34.9 Å². The Hall–Kier alpha value is -2.61. The van der Waals surface area contributed by atoms with Gasteiger partial charge in [0.05, 0.1) is 23.5 Å². The van der Waals surface area contributed by atoms with E-state index < -0.39 is 0 Å². The summed E-state index contributed by atoms with van der Waals surface area (Å²) in [6.07, 6.45) is 3.39. The molecule has 8 heteroatoms. The summed E-state index contributed by atoms with van der Waals surface area (Å²) in [4.78, 5) is 38.6. The van der Waals surface area contributed by atoms with E-state index >= 15 is 0 Å². The largest absolute Gasteiger partial charge is 0.346 e. The van der Waals surface area contributed by atoms with E-state index in [4.69, 9.17) is 0 Å². The fourth-order valence-corrected chi connectivity index (χ4v) is 4.71. The van der Waals surface area contributed by atoms with Gasteiger partial charge in [0.1, 0.15) is 5.69 Å². The summed E-state index contributed by atoms with van der Waals surface area (Å²) in [5, 5.41) is 7.30. The molecule has 146 valence electrons. The molecule has 1 saturated heterocycles. The van der Waals surface area contributed by atoms with Crippen molar-refractivity contribution in [1.29, 1.82) is 0 Å². The van der Waals surface area contributed by atoms with Crippen molar-refractivity contribution in [3.8, 4) is 11.3 Å². The summed E-state index contributed by atoms with van der Waals surface area (Å²) in [7, 11) is 1.74. The third kappa shape index (κ3) is 3.56. The normalized spacial score (nSPS) is 22.5. The predicted octanol–water partition coefficient (Wildman–Crippen LogP) is 2.82. The third-order valence-electron chi connectivity index (χ3n) is 5.34. The van der Waals surface area contributed by atoms with Gasteiger partial charge in [0.25, 0.3) is 11.1 Å². The van der Waals surface area contributed by atoms with Crippen molar-refractivity contribution in [2.45, 2.75) is 37.8 Å². The van der Waals surface area contributed by atoms with Crippen molar-refractivity contribution in [3.05, 3.63) is 42.1 Å². The van der Waals surface area contributed by atoms with Crippen LogP contribution in [0, 0.1) is 0 Å². The highest BCUT2D eigenvalue weighted by atomic mass is 32.2. The number of nitrogens with zero attached hydrogens (tertiary/aromatic N) is 3. The van der Waals surface area contributed by atoms with Crippen LogP contribution in [0.3, 0.4) is 0 Å². The highest BCUT2D eigenvalue weighted by Gasteiger charge is 2.41. The van der Waals surface area contributed by atoms with E-state index in [0.29, 0.717) is 5.69 Å². The van der Waals surface area contributed by atoms with Gasteiger partial charge in [0.2, 0.25) is 5.91 Å². The Morgan fingerprint density at radius 3 is 2.64 bits per heavy atom. The summed E-state index contributed by atoms with van der Waals surface area (Å²) in [5.41, 5.74) is 2.13. The lowest BCUT2D eigenvalue weighted by atomic mass is 9.89. The highest BCUT2D eigenvalue weighted by Crippen LogP contribution is 2.30. The second kappa shape index (κ2) is 7.79. The van der Waals surface area contributed by atoms with Crippen molar-refractivity contribution in [2.75, 3.05) is 5.75 Å². The summed E-state index contributed by atoms with van der Waals surface area (Å²) in [6.45, 7) is 0. The van der Waals surface area contributed by atoms with Crippen LogP contribution in [0.2, 0.25) is 0 Å². The Bertz CT molecular complexity index is 895. The Balaban J connectivity index is 1.53. The molecular weight excluding hydrogens is 376 g/mol. The predicted molar refractivity (Wildman–Crippen MR) is 107 cm³/mol. The minimum Gasteiger partial charge on any atom is -0.346 e. The van der Waals surface area contributed by atoms with Crippen LogP contribution in [0.1, 0.15) is 36.2 Å². The topological polar surface area (TPSA) is 84.3 Å². The van der Waals surface area contributed by atoms with Gasteiger partial charge in [-0.2, -0.15) is 5.10 Å². The molecular formula is C20H22N4O3S.